The molecule has 0 aliphatic carbocycles. The molecule has 0 saturated heterocycles. The Morgan fingerprint density at radius 2 is 1.93 bits per heavy atom. The molecule has 8 heteroatoms. The molecule has 0 spiro atoms. The highest BCUT2D eigenvalue weighted by Crippen LogP contribution is 2.29. The number of alkyl halides is 3. The number of rotatable bonds is 4. The second kappa shape index (κ2) is 7.02. The van der Waals surface area contributed by atoms with Crippen molar-refractivity contribution in [3.8, 4) is 0 Å². The lowest BCUT2D eigenvalue weighted by Crippen LogP contribution is -2.25. The second-order valence-corrected chi connectivity index (χ2v) is 6.57. The van der Waals surface area contributed by atoms with E-state index in [0.29, 0.717) is 11.4 Å². The van der Waals surface area contributed by atoms with Crippen molar-refractivity contribution in [2.24, 2.45) is 5.92 Å². The molecular formula is C19H19F3N4O. The number of benzene rings is 1. The quantitative estimate of drug-likeness (QED) is 0.737. The van der Waals surface area contributed by atoms with Gasteiger partial charge in [0, 0.05) is 16.8 Å². The van der Waals surface area contributed by atoms with Crippen LogP contribution in [0.2, 0.25) is 0 Å². The Bertz CT molecular complexity index is 994. The summed E-state index contributed by atoms with van der Waals surface area (Å²) < 4.78 is 39.6. The number of hydrogen-bond acceptors (Lipinski definition) is 3. The Kier molecular flexibility index (Phi) is 4.91. The second-order valence-electron chi connectivity index (χ2n) is 6.57. The number of hydrogen-bond donors (Lipinski definition) is 1. The van der Waals surface area contributed by atoms with E-state index in [9.17, 15) is 18.0 Å². The van der Waals surface area contributed by atoms with Crippen LogP contribution in [0, 0.1) is 19.8 Å². The average molecular weight is 376 g/mol. The Balaban J connectivity index is 1.78. The number of nitrogens with one attached hydrogen (secondary N) is 1. The van der Waals surface area contributed by atoms with Crippen LogP contribution in [-0.4, -0.2) is 20.7 Å². The summed E-state index contributed by atoms with van der Waals surface area (Å²) in [6.07, 6.45) is -4.50. The predicted molar refractivity (Wildman–Crippen MR) is 96.2 cm³/mol. The fourth-order valence-corrected chi connectivity index (χ4v) is 2.84. The zero-order valence-electron chi connectivity index (χ0n) is 15.1. The van der Waals surface area contributed by atoms with Crippen molar-refractivity contribution in [2.45, 2.75) is 33.5 Å². The van der Waals surface area contributed by atoms with E-state index in [0.717, 1.165) is 22.7 Å². The van der Waals surface area contributed by atoms with E-state index < -0.39 is 17.8 Å². The van der Waals surface area contributed by atoms with Crippen molar-refractivity contribution < 1.29 is 18.0 Å². The number of pyridine rings is 1. The number of anilines is 1. The van der Waals surface area contributed by atoms with Crippen molar-refractivity contribution in [1.82, 2.24) is 14.8 Å². The number of carbonyl (C=O) groups is 1. The molecule has 0 fully saturated rings. The molecule has 0 aliphatic rings. The summed E-state index contributed by atoms with van der Waals surface area (Å²) in [7, 11) is 0. The third kappa shape index (κ3) is 4.10. The fraction of sp³-hybridized carbons (Fsp3) is 0.316. The van der Waals surface area contributed by atoms with Crippen LogP contribution in [0.4, 0.5) is 18.9 Å². The van der Waals surface area contributed by atoms with Gasteiger partial charge in [0.15, 0.2) is 5.69 Å². The molecule has 0 radical (unpaired) electrons. The van der Waals surface area contributed by atoms with Gasteiger partial charge in [0.25, 0.3) is 0 Å². The third-order valence-corrected chi connectivity index (χ3v) is 4.27. The van der Waals surface area contributed by atoms with Gasteiger partial charge in [-0.2, -0.15) is 18.3 Å². The topological polar surface area (TPSA) is 59.8 Å². The van der Waals surface area contributed by atoms with Crippen LogP contribution in [-0.2, 0) is 17.5 Å². The molecule has 3 rings (SSSR count). The number of aryl methyl sites for hydroxylation is 2. The van der Waals surface area contributed by atoms with E-state index in [1.807, 2.05) is 31.2 Å². The Morgan fingerprint density at radius 3 is 2.59 bits per heavy atom. The first-order valence-electron chi connectivity index (χ1n) is 8.44. The Morgan fingerprint density at radius 1 is 1.22 bits per heavy atom. The number of fused-ring (bicyclic) bond motifs is 1. The molecule has 1 amide bonds. The monoisotopic (exact) mass is 376 g/mol. The zero-order chi connectivity index (χ0) is 19.8. The summed E-state index contributed by atoms with van der Waals surface area (Å²) in [5.41, 5.74) is 1.55. The van der Waals surface area contributed by atoms with E-state index in [1.165, 1.54) is 11.6 Å². The number of para-hydroxylation sites is 1. The van der Waals surface area contributed by atoms with Crippen LogP contribution in [0.15, 0.2) is 36.4 Å². The Hall–Kier alpha value is -2.90. The van der Waals surface area contributed by atoms with Crippen LogP contribution in [0.1, 0.15) is 24.0 Å². The molecule has 1 aromatic carbocycles. The number of aromatic nitrogens is 3. The van der Waals surface area contributed by atoms with Crippen molar-refractivity contribution >= 4 is 22.5 Å². The first-order valence-corrected chi connectivity index (χ1v) is 8.44. The highest BCUT2D eigenvalue weighted by molar-refractivity contribution is 6.01. The van der Waals surface area contributed by atoms with E-state index in [4.69, 9.17) is 0 Å². The first kappa shape index (κ1) is 18.9. The smallest absolute Gasteiger partial charge is 0.325 e. The van der Waals surface area contributed by atoms with Crippen molar-refractivity contribution in [1.29, 1.82) is 0 Å². The molecule has 3 aromatic rings. The standard InChI is InChI=1S/C19H19F3N4O/c1-11(10-26-13(3)9-17(25-26)19(20,21)22)18(27)24-16-8-12(2)23-15-7-5-4-6-14(15)16/h4-9,11H,10H2,1-3H3,(H,23,24,27). The number of halogens is 3. The largest absolute Gasteiger partial charge is 0.435 e. The normalized spacial score (nSPS) is 13.0. The van der Waals surface area contributed by atoms with Gasteiger partial charge in [0.1, 0.15) is 0 Å². The molecule has 27 heavy (non-hydrogen) atoms. The lowest BCUT2D eigenvalue weighted by Gasteiger charge is -2.15. The minimum absolute atomic E-state index is 0.0513. The minimum Gasteiger partial charge on any atom is -0.325 e. The van der Waals surface area contributed by atoms with Gasteiger partial charge in [0.05, 0.1) is 23.7 Å². The maximum absolute atomic E-state index is 12.8. The summed E-state index contributed by atoms with van der Waals surface area (Å²) in [5.74, 6) is -0.869. The van der Waals surface area contributed by atoms with E-state index in [2.05, 4.69) is 15.4 Å². The highest BCUT2D eigenvalue weighted by Gasteiger charge is 2.34. The molecule has 1 atom stereocenters. The predicted octanol–water partition coefficient (Wildman–Crippen LogP) is 4.34. The Labute approximate surface area is 154 Å². The molecule has 0 aliphatic heterocycles. The molecule has 1 N–H and O–H groups in total. The number of nitrogens with zero attached hydrogens (tertiary/aromatic N) is 3. The summed E-state index contributed by atoms with van der Waals surface area (Å²) >= 11 is 0. The van der Waals surface area contributed by atoms with Crippen molar-refractivity contribution in [3.63, 3.8) is 0 Å². The molecule has 2 aromatic heterocycles. The minimum atomic E-state index is -4.50. The van der Waals surface area contributed by atoms with Crippen molar-refractivity contribution in [3.05, 3.63) is 53.5 Å². The van der Waals surface area contributed by atoms with Gasteiger partial charge in [-0.25, -0.2) is 0 Å². The van der Waals surface area contributed by atoms with E-state index in [1.54, 1.807) is 13.0 Å². The number of carbonyl (C=O) groups excluding carboxylic acids is 1. The van der Waals surface area contributed by atoms with Crippen LogP contribution >= 0.6 is 0 Å². The van der Waals surface area contributed by atoms with Gasteiger partial charge in [-0.05, 0) is 32.0 Å². The summed E-state index contributed by atoms with van der Waals surface area (Å²) in [6, 6.07) is 10.2. The molecule has 142 valence electrons. The van der Waals surface area contributed by atoms with Gasteiger partial charge < -0.3 is 5.32 Å². The molecule has 0 bridgehead atoms. The van der Waals surface area contributed by atoms with Crippen LogP contribution in [0.5, 0.6) is 0 Å². The lowest BCUT2D eigenvalue weighted by molar-refractivity contribution is -0.141. The van der Waals surface area contributed by atoms with Gasteiger partial charge in [0.2, 0.25) is 5.91 Å². The van der Waals surface area contributed by atoms with E-state index >= 15 is 0 Å². The molecule has 1 unspecified atom stereocenters. The maximum Gasteiger partial charge on any atom is 0.435 e. The maximum atomic E-state index is 12.8. The van der Waals surface area contributed by atoms with Crippen LogP contribution < -0.4 is 5.32 Å². The molecular weight excluding hydrogens is 357 g/mol. The van der Waals surface area contributed by atoms with Gasteiger partial charge in [-0.1, -0.05) is 25.1 Å². The highest BCUT2D eigenvalue weighted by atomic mass is 19.4. The summed E-state index contributed by atoms with van der Waals surface area (Å²) in [4.78, 5) is 17.0. The van der Waals surface area contributed by atoms with E-state index in [-0.39, 0.29) is 12.5 Å². The van der Waals surface area contributed by atoms with Gasteiger partial charge in [-0.3, -0.25) is 14.5 Å². The first-order chi connectivity index (χ1) is 12.6. The molecule has 2 heterocycles. The molecule has 5 nitrogen and oxygen atoms in total. The summed E-state index contributed by atoms with van der Waals surface area (Å²) in [6.45, 7) is 5.07. The van der Waals surface area contributed by atoms with Crippen LogP contribution in [0.3, 0.4) is 0 Å². The molecule has 0 saturated carbocycles. The van der Waals surface area contributed by atoms with Gasteiger partial charge in [-0.15, -0.1) is 0 Å². The average Bonchev–Trinajstić information content (AvgIpc) is 2.95. The summed E-state index contributed by atoms with van der Waals surface area (Å²) in [5, 5.41) is 7.24. The number of amides is 1. The fourth-order valence-electron chi connectivity index (χ4n) is 2.84. The van der Waals surface area contributed by atoms with Crippen molar-refractivity contribution in [2.75, 3.05) is 5.32 Å². The van der Waals surface area contributed by atoms with Gasteiger partial charge >= 0.3 is 6.18 Å². The lowest BCUT2D eigenvalue weighted by atomic mass is 10.1. The van der Waals surface area contributed by atoms with Crippen LogP contribution in [0.25, 0.3) is 10.9 Å². The SMILES string of the molecule is Cc1cc(NC(=O)C(C)Cn2nc(C(F)(F)F)cc2C)c2ccccc2n1. The third-order valence-electron chi connectivity index (χ3n) is 4.27. The zero-order valence-corrected chi connectivity index (χ0v) is 15.1.